The Kier molecular flexibility index (Phi) is 6.09. The second-order valence-electron chi connectivity index (χ2n) is 6.73. The fraction of sp³-hybridized carbons (Fsp3) is 0.300. The van der Waals surface area contributed by atoms with Crippen molar-refractivity contribution in [3.63, 3.8) is 0 Å². The van der Waals surface area contributed by atoms with Crippen LogP contribution >= 0.6 is 22.7 Å². The van der Waals surface area contributed by atoms with Crippen LogP contribution < -0.4 is 0 Å². The van der Waals surface area contributed by atoms with Crippen LogP contribution in [0, 0.1) is 5.92 Å². The predicted molar refractivity (Wildman–Crippen MR) is 113 cm³/mol. The quantitative estimate of drug-likeness (QED) is 0.533. The average Bonchev–Trinajstić information content (AvgIpc) is 3.45. The fourth-order valence-corrected chi connectivity index (χ4v) is 6.64. The molecule has 0 unspecified atom stereocenters. The number of benzene rings is 1. The number of nitrogens with zero attached hydrogens (tertiary/aromatic N) is 2. The van der Waals surface area contributed by atoms with Crippen molar-refractivity contribution in [2.24, 2.45) is 5.92 Å². The lowest BCUT2D eigenvalue weighted by molar-refractivity contribution is -0.151. The van der Waals surface area contributed by atoms with E-state index in [-0.39, 0.29) is 18.5 Å². The number of sulfonamides is 1. The highest BCUT2D eigenvalue weighted by atomic mass is 32.2. The Labute approximate surface area is 177 Å². The van der Waals surface area contributed by atoms with Gasteiger partial charge in [0.05, 0.1) is 11.6 Å². The van der Waals surface area contributed by atoms with Gasteiger partial charge in [0.15, 0.2) is 0 Å². The van der Waals surface area contributed by atoms with Gasteiger partial charge in [0.1, 0.15) is 15.8 Å². The molecule has 2 aromatic heterocycles. The van der Waals surface area contributed by atoms with Crippen LogP contribution in [-0.4, -0.2) is 36.8 Å². The maximum absolute atomic E-state index is 12.6. The van der Waals surface area contributed by atoms with E-state index in [1.54, 1.807) is 17.5 Å². The maximum atomic E-state index is 12.6. The molecule has 0 bridgehead atoms. The number of piperidine rings is 1. The normalized spacial score (nSPS) is 16.0. The minimum atomic E-state index is -3.46. The van der Waals surface area contributed by atoms with E-state index in [1.165, 1.54) is 27.0 Å². The molecule has 3 aromatic rings. The molecule has 0 saturated carbocycles. The van der Waals surface area contributed by atoms with Crippen LogP contribution in [0.4, 0.5) is 0 Å². The minimum Gasteiger partial charge on any atom is -0.459 e. The lowest BCUT2D eigenvalue weighted by atomic mass is 9.98. The molecule has 29 heavy (non-hydrogen) atoms. The molecule has 1 aliphatic heterocycles. The summed E-state index contributed by atoms with van der Waals surface area (Å²) in [5.74, 6) is -0.565. The molecule has 1 fully saturated rings. The number of hydrogen-bond donors (Lipinski definition) is 0. The first kappa shape index (κ1) is 20.2. The van der Waals surface area contributed by atoms with Crippen molar-refractivity contribution < 1.29 is 17.9 Å². The molecule has 6 nitrogen and oxygen atoms in total. The van der Waals surface area contributed by atoms with E-state index in [0.717, 1.165) is 16.3 Å². The number of carbonyl (C=O) groups excluding carboxylic acids is 1. The first-order valence-electron chi connectivity index (χ1n) is 9.24. The molecule has 0 N–H and O–H groups in total. The number of thiazole rings is 1. The van der Waals surface area contributed by atoms with E-state index in [0.29, 0.717) is 30.1 Å². The summed E-state index contributed by atoms with van der Waals surface area (Å²) in [4.78, 5) is 16.9. The van der Waals surface area contributed by atoms with Crippen LogP contribution in [-0.2, 0) is 26.2 Å². The molecular formula is C20H20N2O4S3. The predicted octanol–water partition coefficient (Wildman–Crippen LogP) is 4.02. The lowest BCUT2D eigenvalue weighted by Gasteiger charge is -2.29. The van der Waals surface area contributed by atoms with E-state index in [9.17, 15) is 13.2 Å². The summed E-state index contributed by atoms with van der Waals surface area (Å²) in [6.07, 6.45) is 0.936. The highest BCUT2D eigenvalue weighted by Gasteiger charge is 2.33. The first-order chi connectivity index (χ1) is 14.0. The van der Waals surface area contributed by atoms with Crippen LogP contribution in [0.15, 0.2) is 57.4 Å². The second-order valence-corrected chi connectivity index (χ2v) is 10.7. The minimum absolute atomic E-state index is 0.135. The number of esters is 1. The molecule has 0 aliphatic carbocycles. The molecule has 152 valence electrons. The Balaban J connectivity index is 1.29. The summed E-state index contributed by atoms with van der Waals surface area (Å²) in [5.41, 5.74) is 1.76. The maximum Gasteiger partial charge on any atom is 0.309 e. The number of hydrogen-bond acceptors (Lipinski definition) is 7. The molecule has 1 saturated heterocycles. The summed E-state index contributed by atoms with van der Waals surface area (Å²) in [6.45, 7) is 0.791. The molecule has 1 aliphatic rings. The van der Waals surface area contributed by atoms with Gasteiger partial charge in [0.25, 0.3) is 10.0 Å². The van der Waals surface area contributed by atoms with Gasteiger partial charge in [-0.25, -0.2) is 13.4 Å². The number of carbonyl (C=O) groups is 1. The van der Waals surface area contributed by atoms with Crippen molar-refractivity contribution in [2.45, 2.75) is 23.7 Å². The fourth-order valence-electron chi connectivity index (χ4n) is 3.22. The summed E-state index contributed by atoms with van der Waals surface area (Å²) in [5, 5.41) is 4.54. The van der Waals surface area contributed by atoms with Gasteiger partial charge in [-0.3, -0.25) is 4.79 Å². The molecule has 0 spiro atoms. The number of rotatable bonds is 6. The lowest BCUT2D eigenvalue weighted by Crippen LogP contribution is -2.40. The van der Waals surface area contributed by atoms with Gasteiger partial charge in [-0.15, -0.1) is 22.7 Å². The SMILES string of the molecule is O=C(OCc1csc(-c2ccccc2)n1)C1CCN(S(=O)(=O)c2cccs2)CC1. The smallest absolute Gasteiger partial charge is 0.309 e. The van der Waals surface area contributed by atoms with Crippen molar-refractivity contribution in [1.29, 1.82) is 0 Å². The molecular weight excluding hydrogens is 428 g/mol. The Morgan fingerprint density at radius 2 is 1.86 bits per heavy atom. The largest absolute Gasteiger partial charge is 0.459 e. The highest BCUT2D eigenvalue weighted by molar-refractivity contribution is 7.91. The Bertz CT molecular complexity index is 1050. The Morgan fingerprint density at radius 1 is 1.10 bits per heavy atom. The van der Waals surface area contributed by atoms with Gasteiger partial charge < -0.3 is 4.74 Å². The van der Waals surface area contributed by atoms with Crippen LogP contribution in [0.25, 0.3) is 10.6 Å². The van der Waals surface area contributed by atoms with E-state index in [2.05, 4.69) is 4.98 Å². The summed E-state index contributed by atoms with van der Waals surface area (Å²) in [6, 6.07) is 13.2. The molecule has 9 heteroatoms. The summed E-state index contributed by atoms with van der Waals surface area (Å²) >= 11 is 2.73. The number of aromatic nitrogens is 1. The van der Waals surface area contributed by atoms with E-state index in [1.807, 2.05) is 35.7 Å². The third kappa shape index (κ3) is 4.58. The van der Waals surface area contributed by atoms with Crippen molar-refractivity contribution in [1.82, 2.24) is 9.29 Å². The second kappa shape index (κ2) is 8.74. The number of thiophene rings is 1. The Hall–Kier alpha value is -2.07. The first-order valence-corrected chi connectivity index (χ1v) is 12.4. The zero-order chi connectivity index (χ0) is 20.3. The van der Waals surface area contributed by atoms with Crippen molar-refractivity contribution in [3.8, 4) is 10.6 Å². The van der Waals surface area contributed by atoms with Crippen LogP contribution in [0.1, 0.15) is 18.5 Å². The van der Waals surface area contributed by atoms with Gasteiger partial charge in [0.2, 0.25) is 0 Å². The van der Waals surface area contributed by atoms with E-state index in [4.69, 9.17) is 4.74 Å². The molecule has 0 atom stereocenters. The zero-order valence-corrected chi connectivity index (χ0v) is 18.0. The van der Waals surface area contributed by atoms with Crippen molar-refractivity contribution in [3.05, 3.63) is 58.9 Å². The van der Waals surface area contributed by atoms with Crippen LogP contribution in [0.5, 0.6) is 0 Å². The zero-order valence-electron chi connectivity index (χ0n) is 15.6. The topological polar surface area (TPSA) is 76.6 Å². The van der Waals surface area contributed by atoms with Gasteiger partial charge >= 0.3 is 5.97 Å². The molecule has 1 aromatic carbocycles. The van der Waals surface area contributed by atoms with Crippen molar-refractivity contribution in [2.75, 3.05) is 13.1 Å². The molecule has 3 heterocycles. The number of ether oxygens (including phenoxy) is 1. The Morgan fingerprint density at radius 3 is 2.55 bits per heavy atom. The third-order valence-corrected chi connectivity index (χ3v) is 9.02. The third-order valence-electron chi connectivity index (χ3n) is 4.81. The molecule has 0 amide bonds. The van der Waals surface area contributed by atoms with Gasteiger partial charge in [-0.1, -0.05) is 36.4 Å². The van der Waals surface area contributed by atoms with Crippen molar-refractivity contribution >= 4 is 38.7 Å². The van der Waals surface area contributed by atoms with Gasteiger partial charge in [-0.2, -0.15) is 4.31 Å². The van der Waals surface area contributed by atoms with Crippen LogP contribution in [0.2, 0.25) is 0 Å². The van der Waals surface area contributed by atoms with E-state index >= 15 is 0 Å². The molecule has 0 radical (unpaired) electrons. The summed E-state index contributed by atoms with van der Waals surface area (Å²) < 4.78 is 32.4. The van der Waals surface area contributed by atoms with Crippen LogP contribution in [0.3, 0.4) is 0 Å². The highest BCUT2D eigenvalue weighted by Crippen LogP contribution is 2.27. The van der Waals surface area contributed by atoms with E-state index < -0.39 is 10.0 Å². The summed E-state index contributed by atoms with van der Waals surface area (Å²) in [7, 11) is -3.46. The molecule has 4 rings (SSSR count). The van der Waals surface area contributed by atoms with Gasteiger partial charge in [-0.05, 0) is 24.3 Å². The standard InChI is InChI=1S/C20H20N2O4S3/c23-20(26-13-17-14-28-19(21-17)15-5-2-1-3-6-15)16-8-10-22(11-9-16)29(24,25)18-7-4-12-27-18/h1-7,12,14,16H,8-11,13H2. The van der Waals surface area contributed by atoms with Gasteiger partial charge in [0, 0.05) is 24.0 Å². The monoisotopic (exact) mass is 448 g/mol. The average molecular weight is 449 g/mol.